The van der Waals surface area contributed by atoms with Crippen molar-refractivity contribution in [1.29, 1.82) is 0 Å². The van der Waals surface area contributed by atoms with E-state index in [2.05, 4.69) is 6.58 Å². The maximum absolute atomic E-state index is 11.4. The maximum Gasteiger partial charge on any atom is 0.105 e. The minimum atomic E-state index is -0.813. The fourth-order valence-corrected chi connectivity index (χ4v) is 5.73. The number of hydrogen-bond donors (Lipinski definition) is 2. The van der Waals surface area contributed by atoms with E-state index in [1.165, 1.54) is 38.5 Å². The molecule has 4 aliphatic rings. The molecule has 4 fully saturated rings. The van der Waals surface area contributed by atoms with Gasteiger partial charge in [-0.05, 0) is 68.8 Å². The summed E-state index contributed by atoms with van der Waals surface area (Å²) >= 11 is 0. The maximum atomic E-state index is 11.4. The Labute approximate surface area is 116 Å². The predicted octanol–water partition coefficient (Wildman–Crippen LogP) is 2.32. The van der Waals surface area contributed by atoms with Crippen LogP contribution in [0.1, 0.15) is 45.4 Å². The molecule has 0 aromatic heterocycles. The summed E-state index contributed by atoms with van der Waals surface area (Å²) in [6.07, 6.45) is 7.71. The Hall–Kier alpha value is -0.380. The second-order valence-electron chi connectivity index (χ2n) is 7.75. The van der Waals surface area contributed by atoms with Crippen molar-refractivity contribution in [3.05, 3.63) is 12.2 Å². The summed E-state index contributed by atoms with van der Waals surface area (Å²) in [4.78, 5) is 0. The van der Waals surface area contributed by atoms with E-state index in [1.807, 2.05) is 14.0 Å². The first-order valence-corrected chi connectivity index (χ1v) is 7.69. The molecule has 108 valence electrons. The van der Waals surface area contributed by atoms with Crippen molar-refractivity contribution in [2.24, 2.45) is 29.0 Å². The van der Waals surface area contributed by atoms with E-state index in [1.54, 1.807) is 5.01 Å². The molecule has 3 heteroatoms. The molecule has 0 heterocycles. The third-order valence-corrected chi connectivity index (χ3v) is 6.10. The van der Waals surface area contributed by atoms with Crippen molar-refractivity contribution >= 4 is 0 Å². The van der Waals surface area contributed by atoms with Gasteiger partial charge in [-0.15, -0.1) is 0 Å². The van der Waals surface area contributed by atoms with Gasteiger partial charge in [0.1, 0.15) is 5.60 Å². The smallest absolute Gasteiger partial charge is 0.105 e. The van der Waals surface area contributed by atoms with Gasteiger partial charge in [-0.25, -0.2) is 5.01 Å². The molecule has 0 aromatic carbocycles. The van der Waals surface area contributed by atoms with Crippen LogP contribution in [-0.2, 0) is 0 Å². The summed E-state index contributed by atoms with van der Waals surface area (Å²) in [5.41, 5.74) is 0.125. The van der Waals surface area contributed by atoms with Crippen LogP contribution < -0.4 is 5.84 Å². The van der Waals surface area contributed by atoms with E-state index in [0.29, 0.717) is 6.54 Å². The molecule has 0 radical (unpaired) electrons. The average Bonchev–Trinajstić information content (AvgIpc) is 2.25. The summed E-state index contributed by atoms with van der Waals surface area (Å²) in [7, 11) is 1.84. The number of rotatable bonds is 4. The van der Waals surface area contributed by atoms with E-state index < -0.39 is 5.60 Å². The number of hydrazine groups is 1. The van der Waals surface area contributed by atoms with Crippen LogP contribution >= 0.6 is 0 Å². The van der Waals surface area contributed by atoms with Gasteiger partial charge in [-0.1, -0.05) is 6.58 Å². The van der Waals surface area contributed by atoms with Gasteiger partial charge < -0.3 is 5.11 Å². The Balaban J connectivity index is 1.95. The molecule has 4 aliphatic carbocycles. The number of aliphatic hydroxyl groups is 1. The Bertz CT molecular complexity index is 355. The largest absolute Gasteiger partial charge is 0.384 e. The van der Waals surface area contributed by atoms with E-state index in [0.717, 1.165) is 23.3 Å². The van der Waals surface area contributed by atoms with Crippen LogP contribution in [0.2, 0.25) is 0 Å². The summed E-state index contributed by atoms with van der Waals surface area (Å²) in [5.74, 6) is 8.37. The van der Waals surface area contributed by atoms with Gasteiger partial charge in [0.25, 0.3) is 0 Å². The van der Waals surface area contributed by atoms with Gasteiger partial charge in [0.15, 0.2) is 0 Å². The van der Waals surface area contributed by atoms with E-state index >= 15 is 0 Å². The Morgan fingerprint density at radius 2 is 1.68 bits per heavy atom. The van der Waals surface area contributed by atoms with Crippen LogP contribution in [0.5, 0.6) is 0 Å². The zero-order valence-electron chi connectivity index (χ0n) is 12.4. The molecule has 4 bridgehead atoms. The first-order chi connectivity index (χ1) is 8.84. The third kappa shape index (κ3) is 1.98. The second kappa shape index (κ2) is 4.31. The third-order valence-electron chi connectivity index (χ3n) is 6.10. The van der Waals surface area contributed by atoms with Crippen molar-refractivity contribution < 1.29 is 5.11 Å². The van der Waals surface area contributed by atoms with Crippen LogP contribution in [-0.4, -0.2) is 29.3 Å². The average molecular weight is 264 g/mol. The Morgan fingerprint density at radius 1 is 1.26 bits per heavy atom. The van der Waals surface area contributed by atoms with Gasteiger partial charge in [-0.2, -0.15) is 0 Å². The standard InChI is InChI=1S/C16H28N2O/c1-11(2)16(19,10-18(3)17)15-7-12-4-13(8-15)6-14(5-12)9-15/h12-14,19H,1,4-10,17H2,2-3H3. The highest BCUT2D eigenvalue weighted by atomic mass is 16.3. The van der Waals surface area contributed by atoms with Crippen molar-refractivity contribution in [2.75, 3.05) is 13.6 Å². The molecule has 19 heavy (non-hydrogen) atoms. The molecule has 3 nitrogen and oxygen atoms in total. The highest BCUT2D eigenvalue weighted by molar-refractivity contribution is 5.22. The summed E-state index contributed by atoms with van der Waals surface area (Å²) < 4.78 is 0. The van der Waals surface area contributed by atoms with Crippen molar-refractivity contribution in [3.63, 3.8) is 0 Å². The Morgan fingerprint density at radius 3 is 2.00 bits per heavy atom. The van der Waals surface area contributed by atoms with Crippen molar-refractivity contribution in [1.82, 2.24) is 5.01 Å². The molecule has 4 rings (SSSR count). The molecule has 1 atom stereocenters. The lowest BCUT2D eigenvalue weighted by molar-refractivity contribution is -0.167. The summed E-state index contributed by atoms with van der Waals surface area (Å²) in [6.45, 7) is 6.59. The van der Waals surface area contributed by atoms with Gasteiger partial charge in [0.2, 0.25) is 0 Å². The predicted molar refractivity (Wildman–Crippen MR) is 77.2 cm³/mol. The number of nitrogens with two attached hydrogens (primary N) is 1. The second-order valence-corrected chi connectivity index (χ2v) is 7.75. The van der Waals surface area contributed by atoms with E-state index in [9.17, 15) is 5.11 Å². The van der Waals surface area contributed by atoms with Gasteiger partial charge in [0, 0.05) is 19.0 Å². The lowest BCUT2D eigenvalue weighted by Crippen LogP contribution is -2.62. The van der Waals surface area contributed by atoms with E-state index in [4.69, 9.17) is 5.84 Å². The number of likely N-dealkylation sites (N-methyl/N-ethyl adjacent to an activating group) is 1. The monoisotopic (exact) mass is 264 g/mol. The lowest BCUT2D eigenvalue weighted by atomic mass is 9.44. The lowest BCUT2D eigenvalue weighted by Gasteiger charge is -2.62. The van der Waals surface area contributed by atoms with Gasteiger partial charge >= 0.3 is 0 Å². The summed E-state index contributed by atoms with van der Waals surface area (Å²) in [6, 6.07) is 0. The minimum Gasteiger partial charge on any atom is -0.384 e. The molecule has 0 aromatic rings. The van der Waals surface area contributed by atoms with Crippen molar-refractivity contribution in [3.8, 4) is 0 Å². The highest BCUT2D eigenvalue weighted by Crippen LogP contribution is 2.64. The van der Waals surface area contributed by atoms with Crippen molar-refractivity contribution in [2.45, 2.75) is 51.0 Å². The first-order valence-electron chi connectivity index (χ1n) is 7.69. The number of hydrogen-bond acceptors (Lipinski definition) is 3. The number of nitrogens with zero attached hydrogens (tertiary/aromatic N) is 1. The van der Waals surface area contributed by atoms with Crippen LogP contribution in [0.25, 0.3) is 0 Å². The minimum absolute atomic E-state index is 0.0429. The Kier molecular flexibility index (Phi) is 3.08. The van der Waals surface area contributed by atoms with Crippen LogP contribution in [0.4, 0.5) is 0 Å². The molecule has 3 N–H and O–H groups in total. The molecule has 0 aliphatic heterocycles. The molecule has 0 amide bonds. The first kappa shape index (κ1) is 13.6. The molecule has 1 unspecified atom stereocenters. The zero-order chi connectivity index (χ0) is 13.8. The summed E-state index contributed by atoms with van der Waals surface area (Å²) in [5, 5.41) is 13.0. The molecule has 0 spiro atoms. The topological polar surface area (TPSA) is 49.5 Å². The molecule has 4 saturated carbocycles. The molecular formula is C16H28N2O. The normalized spacial score (nSPS) is 43.5. The van der Waals surface area contributed by atoms with E-state index in [-0.39, 0.29) is 5.41 Å². The zero-order valence-corrected chi connectivity index (χ0v) is 12.4. The SMILES string of the molecule is C=C(C)C(O)(CN(C)N)C12CC3CC(CC(C3)C1)C2. The molecule has 0 saturated heterocycles. The van der Waals surface area contributed by atoms with Crippen LogP contribution in [0.3, 0.4) is 0 Å². The van der Waals surface area contributed by atoms with Gasteiger partial charge in [-0.3, -0.25) is 5.84 Å². The fraction of sp³-hybridized carbons (Fsp3) is 0.875. The highest BCUT2D eigenvalue weighted by Gasteiger charge is 2.60. The van der Waals surface area contributed by atoms with Crippen LogP contribution in [0.15, 0.2) is 12.2 Å². The molecular weight excluding hydrogens is 236 g/mol. The fourth-order valence-electron chi connectivity index (χ4n) is 5.73. The quantitative estimate of drug-likeness (QED) is 0.465. The van der Waals surface area contributed by atoms with Crippen LogP contribution in [0, 0.1) is 23.2 Å². The van der Waals surface area contributed by atoms with Gasteiger partial charge in [0.05, 0.1) is 0 Å².